The summed E-state index contributed by atoms with van der Waals surface area (Å²) < 4.78 is 39.1. The van der Waals surface area contributed by atoms with Crippen molar-refractivity contribution in [2.45, 2.75) is 6.36 Å². The fourth-order valence-corrected chi connectivity index (χ4v) is 1.18. The Balaban J connectivity index is 2.96. The van der Waals surface area contributed by atoms with Crippen molar-refractivity contribution in [2.75, 3.05) is 0 Å². The first-order valence-corrected chi connectivity index (χ1v) is 4.41. The Morgan fingerprint density at radius 3 is 2.62 bits per heavy atom. The van der Waals surface area contributed by atoms with E-state index in [0.29, 0.717) is 0 Å². The number of hydrogen-bond acceptors (Lipinski definition) is 2. The summed E-state index contributed by atoms with van der Waals surface area (Å²) >= 11 is 7.22. The van der Waals surface area contributed by atoms with E-state index < -0.39 is 12.1 Å². The third kappa shape index (κ3) is 3.18. The molecule has 0 aliphatic carbocycles. The van der Waals surface area contributed by atoms with Crippen LogP contribution < -0.4 is 4.74 Å². The quantitative estimate of drug-likeness (QED) is 0.585. The third-order valence-electron chi connectivity index (χ3n) is 1.04. The molecule has 7 heteroatoms. The van der Waals surface area contributed by atoms with Gasteiger partial charge in [0.25, 0.3) is 0 Å². The Morgan fingerprint density at radius 2 is 2.08 bits per heavy atom. The van der Waals surface area contributed by atoms with Crippen LogP contribution in [0.1, 0.15) is 0 Å². The topological polar surface area (TPSA) is 22.1 Å². The zero-order valence-corrected chi connectivity index (χ0v) is 8.81. The van der Waals surface area contributed by atoms with Crippen molar-refractivity contribution in [1.29, 1.82) is 0 Å². The second-order valence-electron chi connectivity index (χ2n) is 1.96. The molecule has 1 aromatic rings. The van der Waals surface area contributed by atoms with Gasteiger partial charge in [-0.15, -0.1) is 13.2 Å². The highest BCUT2D eigenvalue weighted by Gasteiger charge is 2.32. The molecule has 0 aliphatic rings. The lowest BCUT2D eigenvalue weighted by molar-refractivity contribution is -0.274. The fourth-order valence-electron chi connectivity index (χ4n) is 0.605. The molecule has 0 amide bonds. The van der Waals surface area contributed by atoms with Crippen LogP contribution in [0.5, 0.6) is 5.75 Å². The molecule has 0 radical (unpaired) electrons. The summed E-state index contributed by atoms with van der Waals surface area (Å²) in [5.74, 6) is -0.437. The van der Waals surface area contributed by atoms with Crippen LogP contribution >= 0.6 is 34.2 Å². The molecule has 0 N–H and O–H groups in total. The van der Waals surface area contributed by atoms with Gasteiger partial charge in [-0.25, -0.2) is 4.98 Å². The van der Waals surface area contributed by atoms with E-state index in [2.05, 4.69) is 9.72 Å². The van der Waals surface area contributed by atoms with Gasteiger partial charge in [0.15, 0.2) is 5.75 Å². The minimum absolute atomic E-state index is 0.138. The van der Waals surface area contributed by atoms with Gasteiger partial charge in [-0.3, -0.25) is 0 Å². The zero-order valence-electron chi connectivity index (χ0n) is 5.90. The Morgan fingerprint density at radius 1 is 1.46 bits per heavy atom. The maximum atomic E-state index is 11.7. The van der Waals surface area contributed by atoms with Gasteiger partial charge in [-0.2, -0.15) is 0 Å². The Hall–Kier alpha value is -0.240. The summed E-state index contributed by atoms with van der Waals surface area (Å²) in [6, 6.07) is 1.05. The molecule has 1 rings (SSSR count). The number of ether oxygens (including phenoxy) is 1. The van der Waals surface area contributed by atoms with Crippen LogP contribution in [0.3, 0.4) is 0 Å². The summed E-state index contributed by atoms with van der Waals surface area (Å²) in [6.45, 7) is 0. The molecule has 0 saturated carbocycles. The van der Waals surface area contributed by atoms with E-state index in [9.17, 15) is 13.2 Å². The maximum Gasteiger partial charge on any atom is 0.573 e. The molecule has 1 heterocycles. The Kier molecular flexibility index (Phi) is 3.23. The van der Waals surface area contributed by atoms with Gasteiger partial charge in [-0.05, 0) is 22.6 Å². The average molecular weight is 323 g/mol. The number of hydrogen-bond donors (Lipinski definition) is 0. The SMILES string of the molecule is FC(F)(F)Oc1ccnc(I)c1Cl. The Bertz CT molecular complexity index is 317. The molecule has 0 spiro atoms. The van der Waals surface area contributed by atoms with Crippen molar-refractivity contribution in [1.82, 2.24) is 4.98 Å². The average Bonchev–Trinajstić information content (AvgIpc) is 1.96. The fraction of sp³-hybridized carbons (Fsp3) is 0.167. The number of rotatable bonds is 1. The van der Waals surface area contributed by atoms with Crippen molar-refractivity contribution in [3.8, 4) is 5.75 Å². The van der Waals surface area contributed by atoms with Gasteiger partial charge in [-0.1, -0.05) is 11.6 Å². The number of alkyl halides is 3. The number of nitrogens with zero attached hydrogens (tertiary/aromatic N) is 1. The lowest BCUT2D eigenvalue weighted by Crippen LogP contribution is -2.17. The maximum absolute atomic E-state index is 11.7. The monoisotopic (exact) mass is 323 g/mol. The number of halogens is 5. The largest absolute Gasteiger partial charge is 0.573 e. The van der Waals surface area contributed by atoms with Gasteiger partial charge >= 0.3 is 6.36 Å². The van der Waals surface area contributed by atoms with E-state index in [1.165, 1.54) is 6.20 Å². The first kappa shape index (κ1) is 10.8. The summed E-state index contributed by atoms with van der Waals surface area (Å²) in [4.78, 5) is 3.68. The van der Waals surface area contributed by atoms with Gasteiger partial charge in [0, 0.05) is 12.3 Å². The molecule has 0 aliphatic heterocycles. The molecule has 0 atom stereocenters. The van der Waals surface area contributed by atoms with Crippen molar-refractivity contribution in [2.24, 2.45) is 0 Å². The summed E-state index contributed by atoms with van der Waals surface area (Å²) in [6.07, 6.45) is -3.54. The van der Waals surface area contributed by atoms with E-state index in [0.717, 1.165) is 6.07 Å². The van der Waals surface area contributed by atoms with Crippen LogP contribution in [-0.2, 0) is 0 Å². The van der Waals surface area contributed by atoms with Crippen molar-refractivity contribution >= 4 is 34.2 Å². The first-order chi connectivity index (χ1) is 5.90. The van der Waals surface area contributed by atoms with Gasteiger partial charge < -0.3 is 4.74 Å². The van der Waals surface area contributed by atoms with Crippen LogP contribution in [0.25, 0.3) is 0 Å². The highest BCUT2D eigenvalue weighted by atomic mass is 127. The lowest BCUT2D eigenvalue weighted by atomic mass is 10.4. The predicted molar refractivity (Wildman–Crippen MR) is 48.6 cm³/mol. The number of pyridine rings is 1. The third-order valence-corrected chi connectivity index (χ3v) is 2.54. The first-order valence-electron chi connectivity index (χ1n) is 2.96. The lowest BCUT2D eigenvalue weighted by Gasteiger charge is -2.09. The summed E-state index contributed by atoms with van der Waals surface area (Å²) in [5, 5.41) is -0.138. The smallest absolute Gasteiger partial charge is 0.404 e. The highest BCUT2D eigenvalue weighted by Crippen LogP contribution is 2.31. The molecule has 0 bridgehead atoms. The minimum atomic E-state index is -4.73. The molecule has 0 unspecified atom stereocenters. The summed E-state index contributed by atoms with van der Waals surface area (Å²) in [7, 11) is 0. The van der Waals surface area contributed by atoms with Gasteiger partial charge in [0.1, 0.15) is 8.72 Å². The van der Waals surface area contributed by atoms with Crippen molar-refractivity contribution < 1.29 is 17.9 Å². The molecule has 0 saturated heterocycles. The van der Waals surface area contributed by atoms with E-state index >= 15 is 0 Å². The summed E-state index contributed by atoms with van der Waals surface area (Å²) in [5.41, 5.74) is 0. The second-order valence-corrected chi connectivity index (χ2v) is 3.36. The molecular formula is C6H2ClF3INO. The molecule has 0 aromatic carbocycles. The Labute approximate surface area is 90.2 Å². The zero-order chi connectivity index (χ0) is 10.1. The minimum Gasteiger partial charge on any atom is -0.404 e. The molecular weight excluding hydrogens is 321 g/mol. The standard InChI is InChI=1S/C6H2ClF3INO/c7-4-3(13-6(8,9)10)1-2-12-5(4)11/h1-2H. The van der Waals surface area contributed by atoms with E-state index in [4.69, 9.17) is 11.6 Å². The van der Waals surface area contributed by atoms with Crippen molar-refractivity contribution in [3.05, 3.63) is 21.0 Å². The van der Waals surface area contributed by atoms with E-state index in [1.807, 2.05) is 0 Å². The van der Waals surface area contributed by atoms with Crippen molar-refractivity contribution in [3.63, 3.8) is 0 Å². The van der Waals surface area contributed by atoms with Gasteiger partial charge in [0.05, 0.1) is 0 Å². The van der Waals surface area contributed by atoms with Crippen LogP contribution in [0, 0.1) is 3.70 Å². The predicted octanol–water partition coefficient (Wildman–Crippen LogP) is 3.24. The van der Waals surface area contributed by atoms with Crippen LogP contribution in [0.4, 0.5) is 13.2 Å². The van der Waals surface area contributed by atoms with Crippen LogP contribution in [0.15, 0.2) is 12.3 Å². The highest BCUT2D eigenvalue weighted by molar-refractivity contribution is 14.1. The van der Waals surface area contributed by atoms with Gasteiger partial charge in [0.2, 0.25) is 0 Å². The molecule has 72 valence electrons. The molecule has 1 aromatic heterocycles. The normalized spacial score (nSPS) is 11.5. The van der Waals surface area contributed by atoms with Crippen LogP contribution in [0.2, 0.25) is 5.02 Å². The number of aromatic nitrogens is 1. The molecule has 0 fully saturated rings. The van der Waals surface area contributed by atoms with E-state index in [1.54, 1.807) is 22.6 Å². The van der Waals surface area contributed by atoms with Crippen LogP contribution in [-0.4, -0.2) is 11.3 Å². The molecule has 2 nitrogen and oxygen atoms in total. The molecule has 13 heavy (non-hydrogen) atoms. The van der Waals surface area contributed by atoms with E-state index in [-0.39, 0.29) is 8.72 Å². The second kappa shape index (κ2) is 3.87.